The molecular weight excluding hydrogens is 240 g/mol. The largest absolute Gasteiger partial charge is 0.349 e. The van der Waals surface area contributed by atoms with Gasteiger partial charge in [0.05, 0.1) is 11.3 Å². The van der Waals surface area contributed by atoms with Crippen molar-refractivity contribution in [2.24, 2.45) is 5.73 Å². The summed E-state index contributed by atoms with van der Waals surface area (Å²) in [5.74, 6) is -0.843. The Kier molecular flexibility index (Phi) is 6.70. The predicted octanol–water partition coefficient (Wildman–Crippen LogP) is 0.445. The molecule has 0 fully saturated rings. The third kappa shape index (κ3) is 5.50. The number of sulfone groups is 1. The summed E-state index contributed by atoms with van der Waals surface area (Å²) in [6.45, 7) is 5.95. The minimum Gasteiger partial charge on any atom is -0.349 e. The number of nitrogens with one attached hydrogen (secondary N) is 1. The molecule has 0 spiro atoms. The van der Waals surface area contributed by atoms with E-state index in [1.165, 1.54) is 0 Å². The normalized spacial score (nSPS) is 12.5. The maximum absolute atomic E-state index is 11.7. The highest BCUT2D eigenvalue weighted by Gasteiger charge is 2.28. The Labute approximate surface area is 104 Å². The average molecular weight is 264 g/mol. The SMILES string of the molecule is CCCS(=O)(=O)CC(=O)NC(CC)(CC)CN. The van der Waals surface area contributed by atoms with Gasteiger partial charge in [0.25, 0.3) is 0 Å². The molecule has 17 heavy (non-hydrogen) atoms. The second kappa shape index (κ2) is 6.96. The van der Waals surface area contributed by atoms with Gasteiger partial charge in [-0.2, -0.15) is 0 Å². The molecule has 0 atom stereocenters. The molecule has 0 unspecified atom stereocenters. The lowest BCUT2D eigenvalue weighted by molar-refractivity contribution is -0.120. The van der Waals surface area contributed by atoms with Crippen molar-refractivity contribution in [3.05, 3.63) is 0 Å². The van der Waals surface area contributed by atoms with Crippen LogP contribution in [-0.2, 0) is 14.6 Å². The number of hydrogen-bond acceptors (Lipinski definition) is 4. The molecule has 3 N–H and O–H groups in total. The molecule has 0 aliphatic heterocycles. The molecule has 0 heterocycles. The summed E-state index contributed by atoms with van der Waals surface area (Å²) >= 11 is 0. The zero-order valence-electron chi connectivity index (χ0n) is 11.0. The summed E-state index contributed by atoms with van der Waals surface area (Å²) in [5, 5.41) is 2.75. The molecule has 0 aliphatic rings. The highest BCUT2D eigenvalue weighted by molar-refractivity contribution is 7.92. The van der Waals surface area contributed by atoms with Gasteiger partial charge in [-0.3, -0.25) is 4.79 Å². The Balaban J connectivity index is 4.54. The number of nitrogens with two attached hydrogens (primary N) is 1. The summed E-state index contributed by atoms with van der Waals surface area (Å²) in [6, 6.07) is 0. The van der Waals surface area contributed by atoms with Gasteiger partial charge in [-0.25, -0.2) is 8.42 Å². The summed E-state index contributed by atoms with van der Waals surface area (Å²) in [5.41, 5.74) is 5.16. The molecular formula is C11H24N2O3S. The van der Waals surface area contributed by atoms with E-state index in [4.69, 9.17) is 5.73 Å². The number of carbonyl (C=O) groups excluding carboxylic acids is 1. The molecule has 5 nitrogen and oxygen atoms in total. The van der Waals surface area contributed by atoms with Crippen molar-refractivity contribution in [3.63, 3.8) is 0 Å². The van der Waals surface area contributed by atoms with Crippen LogP contribution in [0.2, 0.25) is 0 Å². The molecule has 0 rings (SSSR count). The predicted molar refractivity (Wildman–Crippen MR) is 69.5 cm³/mol. The number of carbonyl (C=O) groups is 1. The lowest BCUT2D eigenvalue weighted by atomic mass is 9.93. The van der Waals surface area contributed by atoms with Crippen molar-refractivity contribution in [1.29, 1.82) is 0 Å². The number of rotatable bonds is 8. The molecule has 0 aromatic carbocycles. The maximum Gasteiger partial charge on any atom is 0.235 e. The van der Waals surface area contributed by atoms with Gasteiger partial charge in [-0.15, -0.1) is 0 Å². The summed E-state index contributed by atoms with van der Waals surface area (Å²) < 4.78 is 23.0. The Bertz CT molecular complexity index is 326. The van der Waals surface area contributed by atoms with E-state index in [0.29, 0.717) is 25.8 Å². The highest BCUT2D eigenvalue weighted by atomic mass is 32.2. The Hall–Kier alpha value is -0.620. The quantitative estimate of drug-likeness (QED) is 0.666. The molecule has 0 bridgehead atoms. The first-order valence-corrected chi connectivity index (χ1v) is 7.88. The first kappa shape index (κ1) is 16.4. The lowest BCUT2D eigenvalue weighted by Gasteiger charge is -2.31. The smallest absolute Gasteiger partial charge is 0.235 e. The average Bonchev–Trinajstić information content (AvgIpc) is 2.25. The molecule has 1 amide bonds. The minimum absolute atomic E-state index is 0.0499. The van der Waals surface area contributed by atoms with Crippen molar-refractivity contribution >= 4 is 15.7 Å². The zero-order valence-corrected chi connectivity index (χ0v) is 11.8. The summed E-state index contributed by atoms with van der Waals surface area (Å²) in [6.07, 6.45) is 1.92. The van der Waals surface area contributed by atoms with Gasteiger partial charge in [0.1, 0.15) is 5.75 Å². The van der Waals surface area contributed by atoms with Gasteiger partial charge in [0.15, 0.2) is 9.84 Å². The fourth-order valence-corrected chi connectivity index (χ4v) is 2.92. The van der Waals surface area contributed by atoms with Crippen LogP contribution in [0.1, 0.15) is 40.0 Å². The van der Waals surface area contributed by atoms with Crippen molar-refractivity contribution in [2.75, 3.05) is 18.1 Å². The second-order valence-corrected chi connectivity index (χ2v) is 6.52. The van der Waals surface area contributed by atoms with Crippen molar-refractivity contribution in [3.8, 4) is 0 Å². The van der Waals surface area contributed by atoms with Crippen LogP contribution in [-0.4, -0.2) is 37.9 Å². The van der Waals surface area contributed by atoms with Crippen LogP contribution in [0.5, 0.6) is 0 Å². The maximum atomic E-state index is 11.7. The molecule has 0 saturated carbocycles. The van der Waals surface area contributed by atoms with Gasteiger partial charge in [0, 0.05) is 6.54 Å². The summed E-state index contributed by atoms with van der Waals surface area (Å²) in [4.78, 5) is 11.7. The standard InChI is InChI=1S/C11H24N2O3S/c1-4-7-17(15,16)8-10(14)13-11(5-2,6-3)9-12/h4-9,12H2,1-3H3,(H,13,14). The van der Waals surface area contributed by atoms with Crippen LogP contribution in [0, 0.1) is 0 Å². The Morgan fingerprint density at radius 3 is 2.12 bits per heavy atom. The van der Waals surface area contributed by atoms with Crippen molar-refractivity contribution in [1.82, 2.24) is 5.32 Å². The monoisotopic (exact) mass is 264 g/mol. The van der Waals surface area contributed by atoms with Crippen LogP contribution in [0.25, 0.3) is 0 Å². The third-order valence-corrected chi connectivity index (χ3v) is 4.75. The van der Waals surface area contributed by atoms with E-state index < -0.39 is 27.0 Å². The van der Waals surface area contributed by atoms with Gasteiger partial charge < -0.3 is 11.1 Å². The lowest BCUT2D eigenvalue weighted by Crippen LogP contribution is -2.54. The molecule has 0 aromatic rings. The van der Waals surface area contributed by atoms with E-state index in [-0.39, 0.29) is 5.75 Å². The Morgan fingerprint density at radius 2 is 1.76 bits per heavy atom. The number of hydrogen-bond donors (Lipinski definition) is 2. The highest BCUT2D eigenvalue weighted by Crippen LogP contribution is 2.13. The van der Waals surface area contributed by atoms with E-state index >= 15 is 0 Å². The van der Waals surface area contributed by atoms with Crippen molar-refractivity contribution in [2.45, 2.75) is 45.6 Å². The molecule has 0 aliphatic carbocycles. The molecule has 102 valence electrons. The van der Waals surface area contributed by atoms with Crippen LogP contribution in [0.4, 0.5) is 0 Å². The van der Waals surface area contributed by atoms with Crippen LogP contribution in [0.3, 0.4) is 0 Å². The first-order chi connectivity index (χ1) is 7.84. The molecule has 0 saturated heterocycles. The van der Waals surface area contributed by atoms with Gasteiger partial charge in [0.2, 0.25) is 5.91 Å². The van der Waals surface area contributed by atoms with Crippen LogP contribution in [0.15, 0.2) is 0 Å². The van der Waals surface area contributed by atoms with Gasteiger partial charge >= 0.3 is 0 Å². The van der Waals surface area contributed by atoms with E-state index in [0.717, 1.165) is 0 Å². The van der Waals surface area contributed by atoms with Gasteiger partial charge in [-0.05, 0) is 19.3 Å². The van der Waals surface area contributed by atoms with E-state index in [1.54, 1.807) is 6.92 Å². The molecule has 6 heteroatoms. The fourth-order valence-electron chi connectivity index (χ4n) is 1.68. The van der Waals surface area contributed by atoms with Gasteiger partial charge in [-0.1, -0.05) is 20.8 Å². The third-order valence-electron chi connectivity index (χ3n) is 3.02. The molecule has 0 radical (unpaired) electrons. The van der Waals surface area contributed by atoms with E-state index in [9.17, 15) is 13.2 Å². The van der Waals surface area contributed by atoms with Crippen molar-refractivity contribution < 1.29 is 13.2 Å². The number of amides is 1. The van der Waals surface area contributed by atoms with E-state index in [1.807, 2.05) is 13.8 Å². The minimum atomic E-state index is -3.28. The zero-order chi connectivity index (χ0) is 13.5. The first-order valence-electron chi connectivity index (χ1n) is 6.06. The summed E-state index contributed by atoms with van der Waals surface area (Å²) in [7, 11) is -3.28. The van der Waals surface area contributed by atoms with Crippen LogP contribution < -0.4 is 11.1 Å². The van der Waals surface area contributed by atoms with Crippen LogP contribution >= 0.6 is 0 Å². The molecule has 0 aromatic heterocycles. The van der Waals surface area contributed by atoms with E-state index in [2.05, 4.69) is 5.32 Å². The fraction of sp³-hybridized carbons (Fsp3) is 0.909. The Morgan fingerprint density at radius 1 is 1.24 bits per heavy atom. The second-order valence-electron chi connectivity index (χ2n) is 4.33. The topological polar surface area (TPSA) is 89.3 Å².